The smallest absolute Gasteiger partial charge is 0.290 e. The second-order valence-corrected chi connectivity index (χ2v) is 5.38. The first-order chi connectivity index (χ1) is 9.76. The fourth-order valence-electron chi connectivity index (χ4n) is 2.63. The van der Waals surface area contributed by atoms with Crippen molar-refractivity contribution in [1.29, 1.82) is 0 Å². The predicted molar refractivity (Wildman–Crippen MR) is 76.0 cm³/mol. The fourth-order valence-corrected chi connectivity index (χ4v) is 2.85. The van der Waals surface area contributed by atoms with Gasteiger partial charge in [0.25, 0.3) is 5.91 Å². The van der Waals surface area contributed by atoms with E-state index in [0.29, 0.717) is 5.88 Å². The maximum absolute atomic E-state index is 11.9. The first-order valence-electron chi connectivity index (χ1n) is 6.64. The van der Waals surface area contributed by atoms with E-state index in [-0.39, 0.29) is 17.7 Å². The number of aromatic nitrogens is 1. The Kier molecular flexibility index (Phi) is 3.74. The molecule has 20 heavy (non-hydrogen) atoms. The van der Waals surface area contributed by atoms with Crippen molar-refractivity contribution in [1.82, 2.24) is 10.5 Å². The highest BCUT2D eigenvalue weighted by molar-refractivity contribution is 6.17. The second-order valence-electron chi connectivity index (χ2n) is 5.00. The molecule has 3 rings (SSSR count). The molecule has 0 spiro atoms. The van der Waals surface area contributed by atoms with Crippen LogP contribution >= 0.6 is 11.6 Å². The lowest BCUT2D eigenvalue weighted by atomic mass is 10.1. The van der Waals surface area contributed by atoms with Crippen LogP contribution in [0.1, 0.15) is 27.2 Å². The van der Waals surface area contributed by atoms with Crippen molar-refractivity contribution in [2.75, 3.05) is 5.88 Å². The number of nitrogens with zero attached hydrogens (tertiary/aromatic N) is 1. The first kappa shape index (κ1) is 13.2. The van der Waals surface area contributed by atoms with E-state index in [2.05, 4.69) is 28.7 Å². The van der Waals surface area contributed by atoms with Crippen LogP contribution in [-0.4, -0.2) is 23.0 Å². The van der Waals surface area contributed by atoms with Crippen LogP contribution in [0, 0.1) is 0 Å². The molecule has 5 heteroatoms. The van der Waals surface area contributed by atoms with Crippen LogP contribution in [0.2, 0.25) is 0 Å². The lowest BCUT2D eigenvalue weighted by Gasteiger charge is -2.09. The van der Waals surface area contributed by atoms with E-state index in [1.54, 1.807) is 6.07 Å². The van der Waals surface area contributed by atoms with Crippen molar-refractivity contribution in [3.8, 4) is 0 Å². The predicted octanol–water partition coefficient (Wildman–Crippen LogP) is 2.35. The molecule has 0 bridgehead atoms. The maximum Gasteiger partial charge on any atom is 0.290 e. The summed E-state index contributed by atoms with van der Waals surface area (Å²) in [6, 6.07) is 8.13. The van der Waals surface area contributed by atoms with E-state index in [0.717, 1.165) is 19.3 Å². The summed E-state index contributed by atoms with van der Waals surface area (Å²) >= 11 is 5.77. The van der Waals surface area contributed by atoms with Crippen molar-refractivity contribution in [3.63, 3.8) is 0 Å². The van der Waals surface area contributed by atoms with Crippen LogP contribution in [0.4, 0.5) is 0 Å². The first-order valence-corrected chi connectivity index (χ1v) is 7.18. The average molecular weight is 291 g/mol. The van der Waals surface area contributed by atoms with Gasteiger partial charge in [-0.05, 0) is 36.0 Å². The number of hydrogen-bond acceptors (Lipinski definition) is 3. The molecule has 1 heterocycles. The third-order valence-electron chi connectivity index (χ3n) is 3.58. The van der Waals surface area contributed by atoms with Crippen molar-refractivity contribution >= 4 is 17.5 Å². The molecule has 0 saturated heterocycles. The second kappa shape index (κ2) is 5.67. The van der Waals surface area contributed by atoms with Crippen molar-refractivity contribution in [3.05, 3.63) is 52.9 Å². The fraction of sp³-hybridized carbons (Fsp3) is 0.333. The van der Waals surface area contributed by atoms with Crippen LogP contribution in [0.25, 0.3) is 0 Å². The third kappa shape index (κ3) is 2.70. The normalized spacial score (nSPS) is 16.9. The molecular formula is C15H15ClN2O2. The highest BCUT2D eigenvalue weighted by Crippen LogP contribution is 2.24. The summed E-state index contributed by atoms with van der Waals surface area (Å²) in [5, 5.41) is 6.52. The van der Waals surface area contributed by atoms with Crippen LogP contribution in [0.3, 0.4) is 0 Å². The zero-order chi connectivity index (χ0) is 13.9. The minimum atomic E-state index is -0.207. The number of nitrogens with one attached hydrogen (secondary N) is 1. The van der Waals surface area contributed by atoms with Crippen molar-refractivity contribution in [2.24, 2.45) is 0 Å². The Morgan fingerprint density at radius 3 is 2.95 bits per heavy atom. The minimum absolute atomic E-state index is 0.119. The largest absolute Gasteiger partial charge is 0.351 e. The topological polar surface area (TPSA) is 55.1 Å². The molecule has 0 aliphatic heterocycles. The number of benzene rings is 1. The lowest BCUT2D eigenvalue weighted by Crippen LogP contribution is -2.35. The Balaban J connectivity index is 1.66. The van der Waals surface area contributed by atoms with Crippen LogP contribution in [-0.2, 0) is 19.3 Å². The molecule has 2 aromatic rings. The molecule has 0 radical (unpaired) electrons. The van der Waals surface area contributed by atoms with Crippen LogP contribution in [0.5, 0.6) is 0 Å². The number of fused-ring (bicyclic) bond motifs is 1. The van der Waals surface area contributed by atoms with Gasteiger partial charge < -0.3 is 9.84 Å². The zero-order valence-corrected chi connectivity index (χ0v) is 11.7. The van der Waals surface area contributed by atoms with Gasteiger partial charge >= 0.3 is 0 Å². The summed E-state index contributed by atoms with van der Waals surface area (Å²) in [5.41, 5.74) is 3.85. The summed E-state index contributed by atoms with van der Waals surface area (Å²) in [4.78, 5) is 11.9. The van der Waals surface area contributed by atoms with Gasteiger partial charge in [-0.15, -0.1) is 11.6 Å². The van der Waals surface area contributed by atoms with E-state index in [1.165, 1.54) is 22.9 Å². The van der Waals surface area contributed by atoms with E-state index in [4.69, 9.17) is 16.1 Å². The number of hydrogen-bond donors (Lipinski definition) is 1. The van der Waals surface area contributed by atoms with Gasteiger partial charge in [0.15, 0.2) is 0 Å². The molecule has 0 unspecified atom stereocenters. The number of halogens is 1. The Hall–Kier alpha value is -1.81. The molecule has 0 fully saturated rings. The average Bonchev–Trinajstić information content (AvgIpc) is 3.06. The highest BCUT2D eigenvalue weighted by Gasteiger charge is 2.24. The number of carbonyl (C=O) groups excluding carboxylic acids is 1. The van der Waals surface area contributed by atoms with Gasteiger partial charge in [0, 0.05) is 18.0 Å². The number of amides is 1. The van der Waals surface area contributed by atoms with Gasteiger partial charge in [-0.25, -0.2) is 0 Å². The minimum Gasteiger partial charge on any atom is -0.351 e. The Labute approximate surface area is 122 Å². The molecule has 1 aliphatic carbocycles. The molecule has 1 aliphatic rings. The van der Waals surface area contributed by atoms with Gasteiger partial charge in [0.1, 0.15) is 0 Å². The molecular weight excluding hydrogens is 276 g/mol. The molecule has 0 saturated carbocycles. The Morgan fingerprint density at radius 1 is 1.35 bits per heavy atom. The van der Waals surface area contributed by atoms with Gasteiger partial charge in [0.05, 0.1) is 6.20 Å². The Morgan fingerprint density at radius 2 is 2.20 bits per heavy atom. The Bertz CT molecular complexity index is 610. The van der Waals surface area contributed by atoms with E-state index >= 15 is 0 Å². The van der Waals surface area contributed by atoms with Crippen LogP contribution < -0.4 is 5.32 Å². The van der Waals surface area contributed by atoms with Crippen molar-refractivity contribution in [2.45, 2.75) is 25.3 Å². The highest BCUT2D eigenvalue weighted by atomic mass is 35.5. The molecule has 1 amide bonds. The third-order valence-corrected chi connectivity index (χ3v) is 3.77. The van der Waals surface area contributed by atoms with Gasteiger partial charge in [0.2, 0.25) is 5.76 Å². The summed E-state index contributed by atoms with van der Waals surface area (Å²) in [6.07, 6.45) is 4.06. The summed E-state index contributed by atoms with van der Waals surface area (Å²) in [5.74, 6) is 0.676. The molecule has 104 valence electrons. The molecule has 1 N–H and O–H groups in total. The number of carbonyl (C=O) groups is 1. The number of aryl methyl sites for hydroxylation is 1. The van der Waals surface area contributed by atoms with Crippen LogP contribution in [0.15, 0.2) is 35.0 Å². The number of rotatable bonds is 4. The maximum atomic E-state index is 11.9. The summed E-state index contributed by atoms with van der Waals surface area (Å²) in [7, 11) is 0. The van der Waals surface area contributed by atoms with Crippen molar-refractivity contribution < 1.29 is 9.32 Å². The molecule has 1 aromatic heterocycles. The summed E-state index contributed by atoms with van der Waals surface area (Å²) in [6.45, 7) is 0. The van der Waals surface area contributed by atoms with Gasteiger partial charge in [-0.3, -0.25) is 4.79 Å². The van der Waals surface area contributed by atoms with Gasteiger partial charge in [-0.2, -0.15) is 0 Å². The quantitative estimate of drug-likeness (QED) is 0.880. The van der Waals surface area contributed by atoms with E-state index < -0.39 is 0 Å². The monoisotopic (exact) mass is 290 g/mol. The zero-order valence-electron chi connectivity index (χ0n) is 10.9. The molecule has 1 atom stereocenters. The molecule has 4 nitrogen and oxygen atoms in total. The summed E-state index contributed by atoms with van der Waals surface area (Å²) < 4.78 is 4.86. The number of alkyl halides is 1. The van der Waals surface area contributed by atoms with E-state index in [9.17, 15) is 4.79 Å². The van der Waals surface area contributed by atoms with Gasteiger partial charge in [-0.1, -0.05) is 23.4 Å². The SMILES string of the molecule is O=C(N[C@@H]1Cc2ccc(CCCl)cc2C1)c1ccno1. The lowest BCUT2D eigenvalue weighted by molar-refractivity contribution is 0.0901. The standard InChI is InChI=1S/C15H15ClN2O2/c16-5-3-10-1-2-11-8-13(9-12(11)7-10)18-15(19)14-4-6-17-20-14/h1-2,4,6-7,13H,3,5,8-9H2,(H,18,19)/t13-/m1/s1. The van der Waals surface area contributed by atoms with E-state index in [1.807, 2.05) is 0 Å². The molecule has 1 aromatic carbocycles.